The molecule has 0 amide bonds. The van der Waals surface area contributed by atoms with Gasteiger partial charge >= 0.3 is 0 Å². The molecule has 1 aliphatic rings. The Balaban J connectivity index is 0.00000176. The lowest BCUT2D eigenvalue weighted by Gasteiger charge is -2.15. The van der Waals surface area contributed by atoms with Crippen LogP contribution in [0.2, 0.25) is 5.15 Å². The molecule has 2 aromatic rings. The first kappa shape index (κ1) is 17.1. The minimum absolute atomic E-state index is 0. The summed E-state index contributed by atoms with van der Waals surface area (Å²) in [6.07, 6.45) is 3.97. The summed E-state index contributed by atoms with van der Waals surface area (Å²) in [4.78, 5) is 4.25. The average molecular weight is 339 g/mol. The van der Waals surface area contributed by atoms with Gasteiger partial charge in [0.15, 0.2) is 0 Å². The van der Waals surface area contributed by atoms with Gasteiger partial charge in [0.05, 0.1) is 12.8 Å². The van der Waals surface area contributed by atoms with Crippen LogP contribution in [0, 0.1) is 12.3 Å². The van der Waals surface area contributed by atoms with E-state index >= 15 is 0 Å². The van der Waals surface area contributed by atoms with E-state index < -0.39 is 0 Å². The monoisotopic (exact) mass is 338 g/mol. The normalized spacial score (nSPS) is 15.0. The Bertz CT molecular complexity index is 657. The fourth-order valence-electron chi connectivity index (χ4n) is 2.39. The van der Waals surface area contributed by atoms with Crippen LogP contribution in [0.3, 0.4) is 0 Å². The van der Waals surface area contributed by atoms with Crippen molar-refractivity contribution in [2.24, 2.45) is 11.1 Å². The van der Waals surface area contributed by atoms with Crippen molar-refractivity contribution in [2.45, 2.75) is 19.8 Å². The maximum absolute atomic E-state index is 6.25. The highest BCUT2D eigenvalue weighted by atomic mass is 35.5. The van der Waals surface area contributed by atoms with Gasteiger partial charge in [-0.1, -0.05) is 35.9 Å². The molecule has 118 valence electrons. The second kappa shape index (κ2) is 6.86. The molecule has 3 rings (SSSR count). The summed E-state index contributed by atoms with van der Waals surface area (Å²) in [6, 6.07) is 10.1. The first-order valence-electron chi connectivity index (χ1n) is 7.18. The lowest BCUT2D eigenvalue weighted by Crippen LogP contribution is -2.22. The van der Waals surface area contributed by atoms with Crippen LogP contribution in [0.5, 0.6) is 5.75 Å². The van der Waals surface area contributed by atoms with E-state index in [9.17, 15) is 0 Å². The fraction of sp³-hybridized carbons (Fsp3) is 0.353. The van der Waals surface area contributed by atoms with Crippen molar-refractivity contribution < 1.29 is 4.74 Å². The van der Waals surface area contributed by atoms with Gasteiger partial charge in [-0.3, -0.25) is 0 Å². The van der Waals surface area contributed by atoms with Crippen molar-refractivity contribution in [3.63, 3.8) is 0 Å². The van der Waals surface area contributed by atoms with E-state index in [1.165, 1.54) is 5.56 Å². The number of nitrogens with zero attached hydrogens (tertiary/aromatic N) is 1. The van der Waals surface area contributed by atoms with Gasteiger partial charge in [0.25, 0.3) is 0 Å². The number of hydrogen-bond acceptors (Lipinski definition) is 3. The standard InChI is InChI=1S/C17H19ClN2O.ClH/c1-12-4-2-3-5-14(12)15-8-13(9-20-16(15)18)21-11-17(10-19)6-7-17;/h2-5,8-9H,6-7,10-11,19H2,1H3;1H. The molecule has 3 nitrogen and oxygen atoms in total. The molecule has 1 aromatic carbocycles. The van der Waals surface area contributed by atoms with Gasteiger partial charge in [-0.25, -0.2) is 4.98 Å². The fourth-order valence-corrected chi connectivity index (χ4v) is 2.60. The SMILES string of the molecule is Cc1ccccc1-c1cc(OCC2(CN)CC2)cnc1Cl.Cl. The quantitative estimate of drug-likeness (QED) is 0.829. The van der Waals surface area contributed by atoms with Crippen LogP contribution >= 0.6 is 24.0 Å². The Morgan fingerprint density at radius 1 is 1.27 bits per heavy atom. The van der Waals surface area contributed by atoms with Gasteiger partial charge in [-0.15, -0.1) is 12.4 Å². The van der Waals surface area contributed by atoms with Gasteiger partial charge in [0.2, 0.25) is 0 Å². The lowest BCUT2D eigenvalue weighted by molar-refractivity contribution is 0.238. The molecule has 1 aromatic heterocycles. The van der Waals surface area contributed by atoms with Crippen LogP contribution in [-0.4, -0.2) is 18.1 Å². The molecular formula is C17H20Cl2N2O. The first-order valence-corrected chi connectivity index (χ1v) is 7.56. The molecular weight excluding hydrogens is 319 g/mol. The molecule has 0 unspecified atom stereocenters. The topological polar surface area (TPSA) is 48.1 Å². The summed E-state index contributed by atoms with van der Waals surface area (Å²) >= 11 is 6.25. The Morgan fingerprint density at radius 3 is 2.64 bits per heavy atom. The van der Waals surface area contributed by atoms with Crippen LogP contribution in [0.1, 0.15) is 18.4 Å². The maximum Gasteiger partial charge on any atom is 0.138 e. The highest BCUT2D eigenvalue weighted by Gasteiger charge is 2.42. The molecule has 0 atom stereocenters. The Kier molecular flexibility index (Phi) is 5.32. The molecule has 0 radical (unpaired) electrons. The molecule has 1 heterocycles. The van der Waals surface area contributed by atoms with E-state index in [2.05, 4.69) is 18.0 Å². The van der Waals surface area contributed by atoms with Crippen molar-refractivity contribution in [3.8, 4) is 16.9 Å². The Morgan fingerprint density at radius 2 is 2.00 bits per heavy atom. The van der Waals surface area contributed by atoms with Crippen molar-refractivity contribution >= 4 is 24.0 Å². The highest BCUT2D eigenvalue weighted by molar-refractivity contribution is 6.32. The van der Waals surface area contributed by atoms with Gasteiger partial charge in [-0.2, -0.15) is 0 Å². The van der Waals surface area contributed by atoms with Crippen molar-refractivity contribution in [1.82, 2.24) is 4.98 Å². The smallest absolute Gasteiger partial charge is 0.138 e. The van der Waals surface area contributed by atoms with Crippen molar-refractivity contribution in [3.05, 3.63) is 47.2 Å². The highest BCUT2D eigenvalue weighted by Crippen LogP contribution is 2.44. The summed E-state index contributed by atoms with van der Waals surface area (Å²) in [5, 5.41) is 0.497. The molecule has 0 bridgehead atoms. The number of ether oxygens (including phenoxy) is 1. The number of rotatable bonds is 5. The van der Waals surface area contributed by atoms with Crippen molar-refractivity contribution in [2.75, 3.05) is 13.2 Å². The van der Waals surface area contributed by atoms with Crippen molar-refractivity contribution in [1.29, 1.82) is 0 Å². The van der Waals surface area contributed by atoms with Crippen LogP contribution in [0.4, 0.5) is 0 Å². The van der Waals surface area contributed by atoms with E-state index in [0.29, 0.717) is 18.3 Å². The summed E-state index contributed by atoms with van der Waals surface area (Å²) in [5.74, 6) is 0.748. The zero-order chi connectivity index (χ0) is 14.9. The summed E-state index contributed by atoms with van der Waals surface area (Å²) in [6.45, 7) is 3.39. The van der Waals surface area contributed by atoms with Crippen LogP contribution in [-0.2, 0) is 0 Å². The van der Waals surface area contributed by atoms with Crippen LogP contribution in [0.25, 0.3) is 11.1 Å². The first-order chi connectivity index (χ1) is 10.1. The average Bonchev–Trinajstić information content (AvgIpc) is 3.28. The minimum Gasteiger partial charge on any atom is -0.491 e. The number of halogens is 2. The van der Waals surface area contributed by atoms with Crippen LogP contribution < -0.4 is 10.5 Å². The Labute approximate surface area is 142 Å². The van der Waals surface area contributed by atoms with Crippen LogP contribution in [0.15, 0.2) is 36.5 Å². The van der Waals surface area contributed by atoms with Gasteiger partial charge in [0.1, 0.15) is 10.9 Å². The molecule has 2 N–H and O–H groups in total. The van der Waals surface area contributed by atoms with E-state index in [-0.39, 0.29) is 17.8 Å². The predicted octanol–water partition coefficient (Wildman–Crippen LogP) is 4.25. The molecule has 0 spiro atoms. The Hall–Kier alpha value is -1.29. The molecule has 0 saturated heterocycles. The molecule has 1 fully saturated rings. The third kappa shape index (κ3) is 3.54. The number of pyridine rings is 1. The summed E-state index contributed by atoms with van der Waals surface area (Å²) < 4.78 is 5.88. The molecule has 1 saturated carbocycles. The van der Waals surface area contributed by atoms with Gasteiger partial charge in [0, 0.05) is 17.5 Å². The van der Waals surface area contributed by atoms with E-state index in [0.717, 1.165) is 29.7 Å². The molecule has 5 heteroatoms. The zero-order valence-corrected chi connectivity index (χ0v) is 14.1. The lowest BCUT2D eigenvalue weighted by atomic mass is 10.0. The number of aryl methyl sites for hydroxylation is 1. The van der Waals surface area contributed by atoms with Gasteiger partial charge < -0.3 is 10.5 Å². The minimum atomic E-state index is 0. The maximum atomic E-state index is 6.25. The van der Waals surface area contributed by atoms with E-state index in [1.807, 2.05) is 24.3 Å². The third-order valence-electron chi connectivity index (χ3n) is 4.18. The molecule has 1 aliphatic carbocycles. The number of benzene rings is 1. The largest absolute Gasteiger partial charge is 0.491 e. The predicted molar refractivity (Wildman–Crippen MR) is 92.9 cm³/mol. The molecule has 22 heavy (non-hydrogen) atoms. The van der Waals surface area contributed by atoms with Gasteiger partial charge in [-0.05, 0) is 37.0 Å². The summed E-state index contributed by atoms with van der Waals surface area (Å²) in [7, 11) is 0. The summed E-state index contributed by atoms with van der Waals surface area (Å²) in [5.41, 5.74) is 9.12. The zero-order valence-electron chi connectivity index (χ0n) is 12.5. The third-order valence-corrected chi connectivity index (χ3v) is 4.49. The number of aromatic nitrogens is 1. The van der Waals surface area contributed by atoms with E-state index in [1.54, 1.807) is 6.20 Å². The second-order valence-corrected chi connectivity index (χ2v) is 6.18. The molecule has 0 aliphatic heterocycles. The van der Waals surface area contributed by atoms with E-state index in [4.69, 9.17) is 22.1 Å². The number of hydrogen-bond donors (Lipinski definition) is 1. The number of nitrogens with two attached hydrogens (primary N) is 1. The second-order valence-electron chi connectivity index (χ2n) is 5.82.